The number of fused-ring (bicyclic) bond motifs is 2. The van der Waals surface area contributed by atoms with E-state index in [2.05, 4.69) is 64.8 Å². The van der Waals surface area contributed by atoms with E-state index in [1.54, 1.807) is 19.0 Å². The summed E-state index contributed by atoms with van der Waals surface area (Å²) in [5.41, 5.74) is 20.7. The van der Waals surface area contributed by atoms with Gasteiger partial charge in [-0.2, -0.15) is 0 Å². The van der Waals surface area contributed by atoms with Crippen molar-refractivity contribution in [3.05, 3.63) is 96.6 Å². The minimum absolute atomic E-state index is 0. The average molecular weight is 729 g/mol. The molecule has 0 spiro atoms. The van der Waals surface area contributed by atoms with Gasteiger partial charge < -0.3 is 27.0 Å². The van der Waals surface area contributed by atoms with Gasteiger partial charge in [-0.05, 0) is 60.4 Å². The van der Waals surface area contributed by atoms with Gasteiger partial charge in [-0.3, -0.25) is 4.79 Å². The van der Waals surface area contributed by atoms with Crippen molar-refractivity contribution in [3.63, 3.8) is 0 Å². The number of nitrogens with two attached hydrogens (primary N) is 2. The van der Waals surface area contributed by atoms with Crippen molar-refractivity contribution in [2.24, 2.45) is 0 Å². The molecule has 0 unspecified atom stereocenters. The molecule has 1 saturated carbocycles. The maximum Gasteiger partial charge on any atom is 0.236 e. The van der Waals surface area contributed by atoms with Crippen molar-refractivity contribution in [2.75, 3.05) is 32.1 Å². The number of likely N-dealkylation sites (N-methyl/N-ethyl adjacent to an activating group) is 1. The Labute approximate surface area is 309 Å². The number of halogens is 2. The van der Waals surface area contributed by atoms with Crippen LogP contribution in [-0.2, 0) is 17.9 Å². The number of carbonyl (C=O) groups excluding carboxylic acids is 1. The molecule has 1 aliphatic carbocycles. The van der Waals surface area contributed by atoms with E-state index >= 15 is 0 Å². The minimum Gasteiger partial charge on any atom is -0.382 e. The summed E-state index contributed by atoms with van der Waals surface area (Å²) < 4.78 is 0. The molecule has 6 N–H and O–H groups in total. The van der Waals surface area contributed by atoms with Gasteiger partial charge in [0.05, 0.1) is 29.0 Å². The second kappa shape index (κ2) is 18.3. The maximum absolute atomic E-state index is 11.6. The number of anilines is 2. The van der Waals surface area contributed by atoms with E-state index in [0.29, 0.717) is 41.8 Å². The van der Waals surface area contributed by atoms with E-state index in [1.807, 2.05) is 48.5 Å². The Hall–Kier alpha value is -5.01. The highest BCUT2D eigenvalue weighted by Gasteiger charge is 2.14. The molecule has 51 heavy (non-hydrogen) atoms. The van der Waals surface area contributed by atoms with E-state index in [0.717, 1.165) is 45.7 Å². The van der Waals surface area contributed by atoms with Crippen LogP contribution in [0, 0.1) is 0 Å². The molecular weight excluding hydrogens is 685 g/mol. The Morgan fingerprint density at radius 3 is 1.75 bits per heavy atom. The van der Waals surface area contributed by atoms with Crippen LogP contribution < -0.4 is 22.1 Å². The van der Waals surface area contributed by atoms with E-state index in [9.17, 15) is 4.79 Å². The van der Waals surface area contributed by atoms with E-state index in [4.69, 9.17) is 11.5 Å². The number of nitrogens with zero attached hydrogens (tertiary/aromatic N) is 7. The molecule has 0 atom stereocenters. The summed E-state index contributed by atoms with van der Waals surface area (Å²) in [4.78, 5) is 38.8. The fourth-order valence-electron chi connectivity index (χ4n) is 5.78. The Morgan fingerprint density at radius 2 is 1.24 bits per heavy atom. The van der Waals surface area contributed by atoms with Crippen molar-refractivity contribution < 1.29 is 4.79 Å². The molecule has 0 bridgehead atoms. The molecule has 0 saturated heterocycles. The molecule has 7 rings (SSSR count). The molecule has 1 amide bonds. The Kier molecular flexibility index (Phi) is 13.9. The minimum atomic E-state index is 0. The van der Waals surface area contributed by atoms with Gasteiger partial charge in [0.25, 0.3) is 0 Å². The summed E-state index contributed by atoms with van der Waals surface area (Å²) in [6, 6.07) is 24.9. The lowest BCUT2D eigenvalue weighted by atomic mass is 10.1. The summed E-state index contributed by atoms with van der Waals surface area (Å²) in [6.07, 6.45) is 8.19. The Morgan fingerprint density at radius 1 is 0.725 bits per heavy atom. The first-order chi connectivity index (χ1) is 23.8. The monoisotopic (exact) mass is 727 g/mol. The highest BCUT2D eigenvalue weighted by Crippen LogP contribution is 2.25. The van der Waals surface area contributed by atoms with Gasteiger partial charge in [0.2, 0.25) is 5.91 Å². The second-order valence-corrected chi connectivity index (χ2v) is 12.3. The Bertz CT molecular complexity index is 2070. The third-order valence-electron chi connectivity index (χ3n) is 8.52. The van der Waals surface area contributed by atoms with E-state index in [1.165, 1.54) is 43.9 Å². The van der Waals surface area contributed by atoms with Crippen LogP contribution in [0.15, 0.2) is 85.5 Å². The number of carbonyl (C=O) groups is 1. The summed E-state index contributed by atoms with van der Waals surface area (Å²) >= 11 is 0. The largest absolute Gasteiger partial charge is 0.382 e. The van der Waals surface area contributed by atoms with Crippen LogP contribution in [-0.4, -0.2) is 67.4 Å². The number of nitrogen functional groups attached to an aromatic ring is 2. The summed E-state index contributed by atoms with van der Waals surface area (Å²) in [5.74, 6) is 0.829. The van der Waals surface area contributed by atoms with Crippen molar-refractivity contribution in [1.29, 1.82) is 0 Å². The topological polar surface area (TPSA) is 174 Å². The number of pyridine rings is 2. The predicted octanol–water partition coefficient (Wildman–Crippen LogP) is 5.60. The molecule has 0 aliphatic heterocycles. The first-order valence-corrected chi connectivity index (χ1v) is 16.4. The first kappa shape index (κ1) is 38.8. The molecule has 4 heterocycles. The summed E-state index contributed by atoms with van der Waals surface area (Å²) in [5, 5.41) is 6.80. The van der Waals surface area contributed by atoms with Crippen molar-refractivity contribution >= 4 is 64.4 Å². The highest BCUT2D eigenvalue weighted by molar-refractivity contribution is 5.87. The number of benzene rings is 2. The van der Waals surface area contributed by atoms with Gasteiger partial charge in [0.1, 0.15) is 23.7 Å². The van der Waals surface area contributed by atoms with E-state index in [-0.39, 0.29) is 30.7 Å². The third kappa shape index (κ3) is 10.0. The zero-order valence-corrected chi connectivity index (χ0v) is 30.3. The average Bonchev–Trinajstić information content (AvgIpc) is 3.65. The highest BCUT2D eigenvalue weighted by atomic mass is 35.5. The smallest absolute Gasteiger partial charge is 0.236 e. The SMILES string of the molecule is CN(C)C(=O)CNCc1cccc(-c2ccc3ncnc(N)c3n2)c1.Cl.Cl.Nc1ncnc2ccc(-c3cccc(CNC4CCCC4)c3)nc12. The van der Waals surface area contributed by atoms with Crippen molar-refractivity contribution in [1.82, 2.24) is 45.4 Å². The van der Waals surface area contributed by atoms with Crippen LogP contribution in [0.25, 0.3) is 44.6 Å². The molecule has 14 heteroatoms. The molecule has 266 valence electrons. The standard InChI is InChI=1S/C19H21N5.C18H20N6O.2ClH/c20-19-18-17(22-12-23-19)9-8-16(24-18)14-5-3-4-13(10-14)11-21-15-6-1-2-7-15;1-24(2)16(25)10-20-9-12-4-3-5-13(8-12)14-6-7-15-17(23-14)18(19)22-11-21-15;;/h3-5,8-10,12,15,21H,1-2,6-7,11H2,(H2,20,22,23);3-8,11,20H,9-10H2,1-2H3,(H2,19,21,22);2*1H. The summed E-state index contributed by atoms with van der Waals surface area (Å²) in [7, 11) is 3.48. The molecule has 0 radical (unpaired) electrons. The van der Waals surface area contributed by atoms with E-state index < -0.39 is 0 Å². The van der Waals surface area contributed by atoms with Gasteiger partial charge in [-0.1, -0.05) is 49.2 Å². The molecule has 1 fully saturated rings. The third-order valence-corrected chi connectivity index (χ3v) is 8.52. The van der Waals surface area contributed by atoms with Gasteiger partial charge in [0, 0.05) is 44.4 Å². The second-order valence-electron chi connectivity index (χ2n) is 12.3. The lowest BCUT2D eigenvalue weighted by Crippen LogP contribution is -2.32. The molecule has 12 nitrogen and oxygen atoms in total. The van der Waals surface area contributed by atoms with Crippen LogP contribution in [0.5, 0.6) is 0 Å². The van der Waals surface area contributed by atoms with Crippen molar-refractivity contribution in [2.45, 2.75) is 44.8 Å². The molecule has 2 aromatic carbocycles. The maximum atomic E-state index is 11.6. The van der Waals surface area contributed by atoms with Crippen LogP contribution >= 0.6 is 24.8 Å². The number of rotatable bonds is 9. The van der Waals surface area contributed by atoms with Gasteiger partial charge in [-0.25, -0.2) is 29.9 Å². The van der Waals surface area contributed by atoms with Gasteiger partial charge in [-0.15, -0.1) is 24.8 Å². The zero-order valence-electron chi connectivity index (χ0n) is 28.6. The number of hydrogen-bond donors (Lipinski definition) is 4. The van der Waals surface area contributed by atoms with Crippen molar-refractivity contribution in [3.8, 4) is 22.5 Å². The van der Waals surface area contributed by atoms with Crippen LogP contribution in [0.1, 0.15) is 36.8 Å². The van der Waals surface area contributed by atoms with Crippen LogP contribution in [0.3, 0.4) is 0 Å². The van der Waals surface area contributed by atoms with Gasteiger partial charge in [0.15, 0.2) is 11.6 Å². The number of hydrogen-bond acceptors (Lipinski definition) is 11. The number of aromatic nitrogens is 6. The quantitative estimate of drug-likeness (QED) is 0.146. The molecular formula is C37H43Cl2N11O. The number of amides is 1. The summed E-state index contributed by atoms with van der Waals surface area (Å²) in [6.45, 7) is 1.81. The number of nitrogens with one attached hydrogen (secondary N) is 2. The first-order valence-electron chi connectivity index (χ1n) is 16.4. The Balaban J connectivity index is 0.000000220. The predicted molar refractivity (Wildman–Crippen MR) is 208 cm³/mol. The fraction of sp³-hybridized carbons (Fsp3) is 0.270. The molecule has 4 aromatic heterocycles. The van der Waals surface area contributed by atoms with Gasteiger partial charge >= 0.3 is 0 Å². The lowest BCUT2D eigenvalue weighted by molar-refractivity contribution is -0.127. The molecule has 6 aromatic rings. The molecule has 1 aliphatic rings. The fourth-order valence-corrected chi connectivity index (χ4v) is 5.78. The lowest BCUT2D eigenvalue weighted by Gasteiger charge is -2.12. The zero-order chi connectivity index (χ0) is 34.2. The van der Waals surface area contributed by atoms with Crippen LogP contribution in [0.2, 0.25) is 0 Å². The van der Waals surface area contributed by atoms with Crippen LogP contribution in [0.4, 0.5) is 11.6 Å². The normalized spacial score (nSPS) is 12.4.